The van der Waals surface area contributed by atoms with Crippen molar-refractivity contribution >= 4 is 46.9 Å². The summed E-state index contributed by atoms with van der Waals surface area (Å²) in [5.41, 5.74) is 0.626. The van der Waals surface area contributed by atoms with Crippen molar-refractivity contribution in [2.45, 2.75) is 119 Å². The summed E-state index contributed by atoms with van der Waals surface area (Å²) in [6.07, 6.45) is 7.32. The lowest BCUT2D eigenvalue weighted by Crippen LogP contribution is -2.17. The Labute approximate surface area is 306 Å². The number of benzene rings is 2. The third kappa shape index (κ3) is 15.1. The summed E-state index contributed by atoms with van der Waals surface area (Å²) in [7, 11) is 0. The van der Waals surface area contributed by atoms with Gasteiger partial charge in [0.05, 0.1) is 11.8 Å². The number of ether oxygens (including phenoxy) is 2. The average Bonchev–Trinajstić information content (AvgIpc) is 3.15. The van der Waals surface area contributed by atoms with Gasteiger partial charge in [0.1, 0.15) is 22.9 Å². The lowest BCUT2D eigenvalue weighted by atomic mass is 10.00. The van der Waals surface area contributed by atoms with Gasteiger partial charge in [0.2, 0.25) is 11.6 Å². The van der Waals surface area contributed by atoms with E-state index in [4.69, 9.17) is 19.1 Å². The lowest BCUT2D eigenvalue weighted by molar-refractivity contribution is -0.149. The molecule has 0 saturated heterocycles. The highest BCUT2D eigenvalue weighted by atomic mass is 16.7. The average molecular weight is 721 g/mol. The standard InChI is InChI=1S/C40H52N2O10/c1-7-11-15-29(9-3)39(47)51-41-27(5)37(45)31-19-23-33(24-20-31)49-35(43)17-13-14-18-36(44)50-34-25-21-32(22-26-34)38(46)28(6)42-52-40(48)30(10-4)16-12-8-2/h19-26,29-30H,7-18H2,1-6H3/b41-27+,42-28+. The van der Waals surface area contributed by atoms with Crippen LogP contribution in [0.2, 0.25) is 0 Å². The van der Waals surface area contributed by atoms with E-state index < -0.39 is 35.4 Å². The van der Waals surface area contributed by atoms with Crippen LogP contribution in [0.5, 0.6) is 11.5 Å². The highest BCUT2D eigenvalue weighted by Gasteiger charge is 2.20. The van der Waals surface area contributed by atoms with Crippen molar-refractivity contribution in [3.05, 3.63) is 59.7 Å². The first-order valence-electron chi connectivity index (χ1n) is 18.2. The van der Waals surface area contributed by atoms with Gasteiger partial charge in [0.15, 0.2) is 0 Å². The van der Waals surface area contributed by atoms with Crippen molar-refractivity contribution in [1.29, 1.82) is 0 Å². The molecule has 0 N–H and O–H groups in total. The second kappa shape index (κ2) is 23.5. The minimum atomic E-state index is -0.499. The number of ketones is 2. The molecule has 0 heterocycles. The molecule has 0 bridgehead atoms. The molecule has 0 aromatic heterocycles. The molecule has 0 fully saturated rings. The second-order valence-electron chi connectivity index (χ2n) is 12.5. The molecule has 0 spiro atoms. The number of carbonyl (C=O) groups is 6. The maximum Gasteiger partial charge on any atom is 0.338 e. The number of nitrogens with zero attached hydrogens (tertiary/aromatic N) is 2. The summed E-state index contributed by atoms with van der Waals surface area (Å²) in [6, 6.07) is 11.9. The fourth-order valence-electron chi connectivity index (χ4n) is 5.01. The summed E-state index contributed by atoms with van der Waals surface area (Å²) >= 11 is 0. The van der Waals surface area contributed by atoms with Crippen LogP contribution in [0.15, 0.2) is 58.8 Å². The van der Waals surface area contributed by atoms with Gasteiger partial charge in [-0.2, -0.15) is 0 Å². The molecule has 12 heteroatoms. The number of Topliss-reactive ketones (excluding diaryl/α,β-unsaturated/α-hetero) is 2. The molecule has 0 radical (unpaired) electrons. The zero-order valence-electron chi connectivity index (χ0n) is 31.2. The number of hydrogen-bond acceptors (Lipinski definition) is 12. The van der Waals surface area contributed by atoms with E-state index in [-0.39, 0.29) is 47.6 Å². The summed E-state index contributed by atoms with van der Waals surface area (Å²) in [5, 5.41) is 7.47. The van der Waals surface area contributed by atoms with Gasteiger partial charge >= 0.3 is 23.9 Å². The summed E-state index contributed by atoms with van der Waals surface area (Å²) < 4.78 is 10.7. The molecular formula is C40H52N2O10. The number of oxime groups is 2. The van der Waals surface area contributed by atoms with Crippen LogP contribution in [0.25, 0.3) is 0 Å². The van der Waals surface area contributed by atoms with E-state index in [1.165, 1.54) is 62.4 Å². The molecule has 0 aliphatic rings. The van der Waals surface area contributed by atoms with E-state index in [1.807, 2.05) is 27.7 Å². The Morgan fingerprint density at radius 1 is 0.538 bits per heavy atom. The van der Waals surface area contributed by atoms with E-state index in [2.05, 4.69) is 10.3 Å². The molecule has 2 rings (SSSR count). The highest BCUT2D eigenvalue weighted by Crippen LogP contribution is 2.19. The van der Waals surface area contributed by atoms with Crippen LogP contribution in [0, 0.1) is 11.8 Å². The van der Waals surface area contributed by atoms with Crippen molar-refractivity contribution in [2.24, 2.45) is 22.1 Å². The monoisotopic (exact) mass is 720 g/mol. The zero-order valence-corrected chi connectivity index (χ0v) is 31.2. The summed E-state index contributed by atoms with van der Waals surface area (Å²) in [6.45, 7) is 10.8. The Morgan fingerprint density at radius 3 is 1.19 bits per heavy atom. The number of hydrogen-bond donors (Lipinski definition) is 0. The van der Waals surface area contributed by atoms with Gasteiger partial charge < -0.3 is 19.1 Å². The lowest BCUT2D eigenvalue weighted by Gasteiger charge is -2.10. The van der Waals surface area contributed by atoms with Crippen LogP contribution in [0.1, 0.15) is 139 Å². The first-order chi connectivity index (χ1) is 24.9. The number of carbonyl (C=O) groups excluding carboxylic acids is 6. The first kappa shape index (κ1) is 43.2. The SMILES string of the molecule is CCCCC(CC)C(=O)O/N=C(\C)C(=O)c1ccc(OC(=O)CCCCC(=O)Oc2ccc(C(=O)/C(C)=N/OC(=O)C(CC)CCCC)cc2)cc1. The maximum absolute atomic E-state index is 12.7. The highest BCUT2D eigenvalue weighted by molar-refractivity contribution is 6.45. The van der Waals surface area contributed by atoms with Crippen molar-refractivity contribution < 1.29 is 47.9 Å². The van der Waals surface area contributed by atoms with Crippen LogP contribution in [0.4, 0.5) is 0 Å². The zero-order chi connectivity index (χ0) is 38.5. The van der Waals surface area contributed by atoms with E-state index in [9.17, 15) is 28.8 Å². The largest absolute Gasteiger partial charge is 0.427 e. The molecule has 2 atom stereocenters. The fourth-order valence-corrected chi connectivity index (χ4v) is 5.01. The molecule has 0 saturated carbocycles. The summed E-state index contributed by atoms with van der Waals surface area (Å²) in [4.78, 5) is 84.6. The van der Waals surface area contributed by atoms with Gasteiger partial charge in [-0.15, -0.1) is 0 Å². The minimum Gasteiger partial charge on any atom is -0.427 e. The third-order valence-corrected chi connectivity index (χ3v) is 8.38. The Morgan fingerprint density at radius 2 is 0.885 bits per heavy atom. The van der Waals surface area contributed by atoms with Gasteiger partial charge in [0.25, 0.3) is 0 Å². The van der Waals surface area contributed by atoms with Crippen LogP contribution in [-0.4, -0.2) is 46.9 Å². The molecule has 52 heavy (non-hydrogen) atoms. The Hall–Kier alpha value is -5.00. The molecule has 0 amide bonds. The van der Waals surface area contributed by atoms with Gasteiger partial charge in [-0.3, -0.25) is 19.2 Å². The number of rotatable bonds is 23. The number of unbranched alkanes of at least 4 members (excludes halogenated alkanes) is 3. The van der Waals surface area contributed by atoms with Crippen molar-refractivity contribution in [1.82, 2.24) is 0 Å². The Kier molecular flexibility index (Phi) is 19.5. The van der Waals surface area contributed by atoms with Crippen molar-refractivity contribution in [2.75, 3.05) is 0 Å². The molecular weight excluding hydrogens is 668 g/mol. The van der Waals surface area contributed by atoms with Crippen LogP contribution >= 0.6 is 0 Å². The maximum atomic E-state index is 12.7. The molecule has 12 nitrogen and oxygen atoms in total. The molecule has 0 aliphatic heterocycles. The molecule has 2 aromatic carbocycles. The third-order valence-electron chi connectivity index (χ3n) is 8.38. The quantitative estimate of drug-likeness (QED) is 0.0207. The summed E-state index contributed by atoms with van der Waals surface area (Å²) in [5.74, 6) is -2.77. The predicted molar refractivity (Wildman–Crippen MR) is 196 cm³/mol. The van der Waals surface area contributed by atoms with Gasteiger partial charge in [-0.05, 0) is 101 Å². The van der Waals surface area contributed by atoms with Gasteiger partial charge in [0, 0.05) is 24.0 Å². The Bertz CT molecular complexity index is 1440. The van der Waals surface area contributed by atoms with Crippen LogP contribution in [-0.2, 0) is 28.9 Å². The van der Waals surface area contributed by atoms with Crippen molar-refractivity contribution in [3.8, 4) is 11.5 Å². The van der Waals surface area contributed by atoms with E-state index in [0.717, 1.165) is 25.7 Å². The van der Waals surface area contributed by atoms with E-state index >= 15 is 0 Å². The fraction of sp³-hybridized carbons (Fsp3) is 0.500. The topological polar surface area (TPSA) is 164 Å². The van der Waals surface area contributed by atoms with E-state index in [1.54, 1.807) is 0 Å². The molecule has 282 valence electrons. The minimum absolute atomic E-state index is 0.0218. The normalized spacial score (nSPS) is 12.7. The van der Waals surface area contributed by atoms with E-state index in [0.29, 0.717) is 49.7 Å². The van der Waals surface area contributed by atoms with Crippen LogP contribution < -0.4 is 9.47 Å². The van der Waals surface area contributed by atoms with Gasteiger partial charge in [-0.25, -0.2) is 9.59 Å². The smallest absolute Gasteiger partial charge is 0.338 e. The van der Waals surface area contributed by atoms with Gasteiger partial charge in [-0.1, -0.05) is 63.7 Å². The molecule has 2 unspecified atom stereocenters. The number of esters is 2. The first-order valence-corrected chi connectivity index (χ1v) is 18.2. The molecule has 0 aliphatic carbocycles. The molecule has 2 aromatic rings. The Balaban J connectivity index is 1.75. The predicted octanol–water partition coefficient (Wildman–Crippen LogP) is 8.39. The second-order valence-corrected chi connectivity index (χ2v) is 12.5. The van der Waals surface area contributed by atoms with Crippen LogP contribution in [0.3, 0.4) is 0 Å². The van der Waals surface area contributed by atoms with Crippen molar-refractivity contribution in [3.63, 3.8) is 0 Å².